The first kappa shape index (κ1) is 34.2. The van der Waals surface area contributed by atoms with E-state index in [1.54, 1.807) is 51.1 Å². The van der Waals surface area contributed by atoms with Crippen LogP contribution >= 0.6 is 22.6 Å². The van der Waals surface area contributed by atoms with Gasteiger partial charge in [-0.05, 0) is 78.8 Å². The fourth-order valence-electron chi connectivity index (χ4n) is 4.11. The molecule has 238 valence electrons. The molecule has 0 bridgehead atoms. The molecule has 0 fully saturated rings. The van der Waals surface area contributed by atoms with Gasteiger partial charge in [0.15, 0.2) is 35.8 Å². The molecule has 4 N–H and O–H groups in total. The van der Waals surface area contributed by atoms with E-state index in [1.165, 1.54) is 20.4 Å². The number of urea groups is 1. The number of carbonyl (C=O) groups excluding carboxylic acids is 3. The van der Waals surface area contributed by atoms with Crippen molar-refractivity contribution in [2.75, 3.05) is 40.6 Å². The summed E-state index contributed by atoms with van der Waals surface area (Å²) in [5.41, 5.74) is 4.44. The number of rotatable bonds is 15. The Kier molecular flexibility index (Phi) is 12.9. The van der Waals surface area contributed by atoms with Crippen LogP contribution in [0.2, 0.25) is 0 Å². The lowest BCUT2D eigenvalue weighted by molar-refractivity contribution is -0.145. The molecule has 15 heteroatoms. The standard InChI is InChI=1S/C29H35IN4O10/c1-6-41-21-12-18(26-25(28(37)40-5)16(3)32-29(38)33-26)8-9-20(21)43-14-23(35)34-31-13-17-10-19(30)27(22(11-17)39-4)44-15-24(36)42-7-2/h8-13,23,26,34-35H,6-7,14-15H2,1-5H3,(H2,32,33,38)/b31-13-/t23-,26-/m0/s1. The number of hydrogen-bond acceptors (Lipinski definition) is 12. The predicted octanol–water partition coefficient (Wildman–Crippen LogP) is 2.76. The number of carbonyl (C=O) groups is 3. The van der Waals surface area contributed by atoms with Gasteiger partial charge in [0, 0.05) is 5.70 Å². The molecule has 3 rings (SSSR count). The van der Waals surface area contributed by atoms with Gasteiger partial charge in [0.05, 0.1) is 48.8 Å². The first-order valence-corrected chi connectivity index (χ1v) is 14.6. The Bertz CT molecular complexity index is 1410. The molecule has 2 aromatic carbocycles. The average Bonchev–Trinajstić information content (AvgIpc) is 2.99. The van der Waals surface area contributed by atoms with Crippen LogP contribution in [0.4, 0.5) is 4.79 Å². The van der Waals surface area contributed by atoms with E-state index in [-0.39, 0.29) is 25.4 Å². The van der Waals surface area contributed by atoms with Crippen molar-refractivity contribution in [2.24, 2.45) is 5.10 Å². The van der Waals surface area contributed by atoms with Crippen LogP contribution in [0.15, 0.2) is 46.7 Å². The lowest BCUT2D eigenvalue weighted by Crippen LogP contribution is -2.45. The zero-order valence-corrected chi connectivity index (χ0v) is 27.1. The van der Waals surface area contributed by atoms with E-state index < -0.39 is 30.2 Å². The van der Waals surface area contributed by atoms with Gasteiger partial charge >= 0.3 is 18.0 Å². The van der Waals surface area contributed by atoms with E-state index in [0.29, 0.717) is 50.0 Å². The van der Waals surface area contributed by atoms with Gasteiger partial charge in [0.25, 0.3) is 0 Å². The Morgan fingerprint density at radius 1 is 1.09 bits per heavy atom. The smallest absolute Gasteiger partial charge is 0.344 e. The van der Waals surface area contributed by atoms with E-state index in [1.807, 2.05) is 0 Å². The van der Waals surface area contributed by atoms with Crippen LogP contribution in [0.1, 0.15) is 37.9 Å². The molecule has 2 atom stereocenters. The van der Waals surface area contributed by atoms with Crippen molar-refractivity contribution >= 4 is 46.8 Å². The number of aliphatic hydroxyl groups excluding tert-OH is 1. The normalized spacial score (nSPS) is 15.2. The van der Waals surface area contributed by atoms with Crippen molar-refractivity contribution in [3.8, 4) is 23.0 Å². The van der Waals surface area contributed by atoms with Crippen LogP contribution < -0.4 is 35.0 Å². The number of hydrazone groups is 1. The molecular formula is C29H35IN4O10. The highest BCUT2D eigenvalue weighted by Gasteiger charge is 2.32. The molecule has 14 nitrogen and oxygen atoms in total. The summed E-state index contributed by atoms with van der Waals surface area (Å²) >= 11 is 2.05. The van der Waals surface area contributed by atoms with Crippen molar-refractivity contribution in [2.45, 2.75) is 33.0 Å². The third kappa shape index (κ3) is 9.12. The molecule has 0 aromatic heterocycles. The van der Waals surface area contributed by atoms with Gasteiger partial charge < -0.3 is 44.2 Å². The fourth-order valence-corrected chi connectivity index (χ4v) is 4.89. The second kappa shape index (κ2) is 16.6. The molecule has 0 unspecified atom stereocenters. The summed E-state index contributed by atoms with van der Waals surface area (Å²) in [6.45, 7) is 5.26. The van der Waals surface area contributed by atoms with E-state index in [9.17, 15) is 19.5 Å². The maximum atomic E-state index is 12.4. The summed E-state index contributed by atoms with van der Waals surface area (Å²) in [7, 11) is 2.74. The number of amides is 2. The number of methoxy groups -OCH3 is 2. The third-order valence-electron chi connectivity index (χ3n) is 6.00. The summed E-state index contributed by atoms with van der Waals surface area (Å²) in [6.07, 6.45) is 0.291. The molecule has 0 saturated heterocycles. The number of ether oxygens (including phenoxy) is 6. The van der Waals surface area contributed by atoms with Gasteiger partial charge in [-0.2, -0.15) is 5.10 Å². The molecule has 0 radical (unpaired) electrons. The molecule has 1 aliphatic heterocycles. The SMILES string of the molecule is CCOC(=O)COc1c(I)cc(/C=N\N[C@@H](O)COc2ccc([C@@H]3NC(=O)NC(C)=C3C(=O)OC)cc2OCC)cc1OC. The van der Waals surface area contributed by atoms with Crippen LogP contribution in [0.3, 0.4) is 0 Å². The molecule has 1 heterocycles. The van der Waals surface area contributed by atoms with Crippen LogP contribution in [-0.2, 0) is 19.1 Å². The van der Waals surface area contributed by atoms with Crippen LogP contribution in [0, 0.1) is 3.57 Å². The molecule has 2 amide bonds. The van der Waals surface area contributed by atoms with Gasteiger partial charge in [-0.25, -0.2) is 14.4 Å². The van der Waals surface area contributed by atoms with Crippen LogP contribution in [0.25, 0.3) is 0 Å². The van der Waals surface area contributed by atoms with E-state index in [0.717, 1.165) is 0 Å². The molecule has 0 spiro atoms. The molecule has 0 aliphatic carbocycles. The van der Waals surface area contributed by atoms with Gasteiger partial charge in [0.2, 0.25) is 0 Å². The number of nitrogens with one attached hydrogen (secondary N) is 3. The summed E-state index contributed by atoms with van der Waals surface area (Å²) in [4.78, 5) is 36.2. The highest BCUT2D eigenvalue weighted by Crippen LogP contribution is 2.35. The minimum Gasteiger partial charge on any atom is -0.493 e. The Hall–Kier alpha value is -4.25. The van der Waals surface area contributed by atoms with Gasteiger partial charge in [-0.1, -0.05) is 6.07 Å². The monoisotopic (exact) mass is 726 g/mol. The number of halogens is 1. The highest BCUT2D eigenvalue weighted by molar-refractivity contribution is 14.1. The van der Waals surface area contributed by atoms with Gasteiger partial charge in [-0.3, -0.25) is 5.43 Å². The number of aliphatic hydroxyl groups is 1. The lowest BCUT2D eigenvalue weighted by Gasteiger charge is -2.28. The molecular weight excluding hydrogens is 691 g/mol. The number of nitrogens with zero attached hydrogens (tertiary/aromatic N) is 1. The zero-order valence-electron chi connectivity index (χ0n) is 24.9. The van der Waals surface area contributed by atoms with Crippen molar-refractivity contribution in [3.05, 3.63) is 56.3 Å². The quantitative estimate of drug-likeness (QED) is 0.0699. The molecule has 44 heavy (non-hydrogen) atoms. The molecule has 1 aliphatic rings. The topological polar surface area (TPSA) is 175 Å². The summed E-state index contributed by atoms with van der Waals surface area (Å²) in [5, 5.41) is 19.8. The highest BCUT2D eigenvalue weighted by atomic mass is 127. The summed E-state index contributed by atoms with van der Waals surface area (Å²) in [6, 6.07) is 7.15. The van der Waals surface area contributed by atoms with Crippen LogP contribution in [-0.4, -0.2) is 76.2 Å². The molecule has 0 saturated carbocycles. The van der Waals surface area contributed by atoms with Crippen molar-refractivity contribution in [1.29, 1.82) is 0 Å². The second-order valence-corrected chi connectivity index (χ2v) is 10.2. The number of hydrogen-bond donors (Lipinski definition) is 4. The van der Waals surface area contributed by atoms with Gasteiger partial charge in [0.1, 0.15) is 6.61 Å². The Morgan fingerprint density at radius 2 is 1.86 bits per heavy atom. The minimum atomic E-state index is -1.19. The van der Waals surface area contributed by atoms with E-state index in [4.69, 9.17) is 28.4 Å². The summed E-state index contributed by atoms with van der Waals surface area (Å²) in [5.74, 6) is 0.397. The third-order valence-corrected chi connectivity index (χ3v) is 6.80. The first-order valence-electron chi connectivity index (χ1n) is 13.5. The number of benzene rings is 2. The second-order valence-electron chi connectivity index (χ2n) is 9.04. The maximum Gasteiger partial charge on any atom is 0.344 e. The van der Waals surface area contributed by atoms with Gasteiger partial charge in [-0.15, -0.1) is 0 Å². The Labute approximate surface area is 268 Å². The molecule has 2 aromatic rings. The van der Waals surface area contributed by atoms with Crippen molar-refractivity contribution in [1.82, 2.24) is 16.1 Å². The van der Waals surface area contributed by atoms with E-state index >= 15 is 0 Å². The predicted molar refractivity (Wildman–Crippen MR) is 167 cm³/mol. The minimum absolute atomic E-state index is 0.186. The lowest BCUT2D eigenvalue weighted by atomic mass is 9.95. The van der Waals surface area contributed by atoms with Crippen molar-refractivity contribution in [3.63, 3.8) is 0 Å². The van der Waals surface area contributed by atoms with Crippen LogP contribution in [0.5, 0.6) is 23.0 Å². The van der Waals surface area contributed by atoms with E-state index in [2.05, 4.69) is 43.8 Å². The Balaban J connectivity index is 1.66. The summed E-state index contributed by atoms with van der Waals surface area (Å²) < 4.78 is 32.9. The zero-order chi connectivity index (χ0) is 32.2. The maximum absolute atomic E-state index is 12.4. The number of esters is 2. The first-order chi connectivity index (χ1) is 21.1. The Morgan fingerprint density at radius 3 is 2.55 bits per heavy atom. The number of allylic oxidation sites excluding steroid dienone is 1. The fraction of sp³-hybridized carbons (Fsp3) is 0.379. The average molecular weight is 727 g/mol. The largest absolute Gasteiger partial charge is 0.493 e. The van der Waals surface area contributed by atoms with Crippen molar-refractivity contribution < 1.29 is 47.9 Å².